The Kier molecular flexibility index (Phi) is 7.00. The van der Waals surface area contributed by atoms with E-state index in [4.69, 9.17) is 4.74 Å². The average Bonchev–Trinajstić information content (AvgIpc) is 3.15. The second-order valence-electron chi connectivity index (χ2n) is 6.58. The number of rotatable bonds is 9. The van der Waals surface area contributed by atoms with Crippen LogP contribution in [0.25, 0.3) is 10.2 Å². The predicted octanol–water partition coefficient (Wildman–Crippen LogP) is 4.46. The minimum absolute atomic E-state index is 0.0823. The normalized spacial score (nSPS) is 11.8. The molecule has 0 aliphatic carbocycles. The monoisotopic (exact) mass is 432 g/mol. The lowest BCUT2D eigenvalue weighted by molar-refractivity contribution is 0.0472. The van der Waals surface area contributed by atoms with Crippen LogP contribution in [0.15, 0.2) is 53.4 Å². The molecule has 0 fully saturated rings. The number of esters is 1. The Morgan fingerprint density at radius 1 is 1.03 bits per heavy atom. The van der Waals surface area contributed by atoms with Crippen molar-refractivity contribution < 1.29 is 17.9 Å². The van der Waals surface area contributed by atoms with Gasteiger partial charge in [0.25, 0.3) is 0 Å². The van der Waals surface area contributed by atoms with Crippen molar-refractivity contribution in [1.29, 1.82) is 0 Å². The lowest BCUT2D eigenvalue weighted by Crippen LogP contribution is -2.32. The Morgan fingerprint density at radius 2 is 1.69 bits per heavy atom. The molecule has 0 radical (unpaired) electrons. The molecule has 0 saturated heterocycles. The topological polar surface area (TPSA) is 76.6 Å². The maximum Gasteiger partial charge on any atom is 0.338 e. The van der Waals surface area contributed by atoms with Crippen LogP contribution in [0, 0.1) is 0 Å². The summed E-state index contributed by atoms with van der Waals surface area (Å²) in [5.74, 6) is -0.507. The fraction of sp³-hybridized carbons (Fsp3) is 0.333. The van der Waals surface area contributed by atoms with E-state index in [-0.39, 0.29) is 11.5 Å². The molecule has 0 aliphatic rings. The van der Waals surface area contributed by atoms with Crippen LogP contribution < -0.4 is 0 Å². The lowest BCUT2D eigenvalue weighted by Gasteiger charge is -2.21. The van der Waals surface area contributed by atoms with Gasteiger partial charge in [-0.15, -0.1) is 11.3 Å². The molecule has 0 amide bonds. The Labute approximate surface area is 175 Å². The van der Waals surface area contributed by atoms with E-state index in [0.29, 0.717) is 23.7 Å². The van der Waals surface area contributed by atoms with Gasteiger partial charge >= 0.3 is 5.97 Å². The second kappa shape index (κ2) is 9.47. The summed E-state index contributed by atoms with van der Waals surface area (Å²) in [6.07, 6.45) is 1.49. The Morgan fingerprint density at radius 3 is 2.31 bits per heavy atom. The maximum absolute atomic E-state index is 12.8. The Bertz CT molecular complexity index is 1040. The summed E-state index contributed by atoms with van der Waals surface area (Å²) < 4.78 is 33.4. The first-order chi connectivity index (χ1) is 14.0. The third kappa shape index (κ3) is 5.01. The van der Waals surface area contributed by atoms with Crippen LogP contribution in [-0.4, -0.2) is 36.8 Å². The van der Waals surface area contributed by atoms with Gasteiger partial charge in [-0.2, -0.15) is 4.31 Å². The molecule has 3 rings (SSSR count). The molecule has 0 N–H and O–H groups in total. The number of hydrogen-bond acceptors (Lipinski definition) is 6. The molecule has 29 heavy (non-hydrogen) atoms. The van der Waals surface area contributed by atoms with E-state index in [0.717, 1.165) is 23.1 Å². The van der Waals surface area contributed by atoms with Crippen molar-refractivity contribution in [2.45, 2.75) is 38.2 Å². The van der Waals surface area contributed by atoms with Gasteiger partial charge in [0.15, 0.2) is 0 Å². The van der Waals surface area contributed by atoms with Crippen LogP contribution in [-0.2, 0) is 21.4 Å². The fourth-order valence-electron chi connectivity index (χ4n) is 2.96. The number of para-hydroxylation sites is 1. The van der Waals surface area contributed by atoms with Gasteiger partial charge in [-0.05, 0) is 49.2 Å². The van der Waals surface area contributed by atoms with Gasteiger partial charge in [-0.3, -0.25) is 0 Å². The third-order valence-electron chi connectivity index (χ3n) is 4.34. The molecule has 154 valence electrons. The van der Waals surface area contributed by atoms with Gasteiger partial charge in [-0.25, -0.2) is 18.2 Å². The van der Waals surface area contributed by atoms with Gasteiger partial charge in [0.05, 0.1) is 20.7 Å². The number of fused-ring (bicyclic) bond motifs is 1. The SMILES string of the molecule is CCCN(CCC)S(=O)(=O)c1ccc(C(=O)OCc2nc3ccccc3s2)cc1. The Hall–Kier alpha value is -2.29. The highest BCUT2D eigenvalue weighted by Crippen LogP contribution is 2.23. The molecule has 0 aliphatic heterocycles. The van der Waals surface area contributed by atoms with E-state index in [1.807, 2.05) is 38.1 Å². The van der Waals surface area contributed by atoms with E-state index in [1.54, 1.807) is 0 Å². The molecule has 2 aromatic carbocycles. The summed E-state index contributed by atoms with van der Waals surface area (Å²) in [6, 6.07) is 13.6. The number of ether oxygens (including phenoxy) is 1. The van der Waals surface area contributed by atoms with Crippen molar-refractivity contribution in [1.82, 2.24) is 9.29 Å². The standard InChI is InChI=1S/C21H24N2O4S2/c1-3-13-23(14-4-2)29(25,26)17-11-9-16(10-12-17)21(24)27-15-20-22-18-7-5-6-8-19(18)28-20/h5-12H,3-4,13-15H2,1-2H3. The molecule has 1 heterocycles. The quantitative estimate of drug-likeness (QED) is 0.467. The number of aromatic nitrogens is 1. The molecule has 0 unspecified atom stereocenters. The molecule has 8 heteroatoms. The summed E-state index contributed by atoms with van der Waals surface area (Å²) in [6.45, 7) is 4.93. The number of carbonyl (C=O) groups excluding carboxylic acids is 1. The van der Waals surface area contributed by atoms with Crippen LogP contribution in [0.1, 0.15) is 42.1 Å². The first kappa shape index (κ1) is 21.4. The van der Waals surface area contributed by atoms with Crippen LogP contribution in [0.5, 0.6) is 0 Å². The predicted molar refractivity (Wildman–Crippen MR) is 115 cm³/mol. The molecule has 1 aromatic heterocycles. The van der Waals surface area contributed by atoms with Crippen molar-refractivity contribution >= 4 is 37.5 Å². The highest BCUT2D eigenvalue weighted by Gasteiger charge is 2.23. The summed E-state index contributed by atoms with van der Waals surface area (Å²) >= 11 is 1.48. The molecular formula is C21H24N2O4S2. The van der Waals surface area contributed by atoms with Crippen LogP contribution in [0.3, 0.4) is 0 Å². The first-order valence-electron chi connectivity index (χ1n) is 9.57. The van der Waals surface area contributed by atoms with Crippen LogP contribution in [0.4, 0.5) is 0 Å². The van der Waals surface area contributed by atoms with Crippen LogP contribution >= 0.6 is 11.3 Å². The van der Waals surface area contributed by atoms with Crippen molar-refractivity contribution in [3.63, 3.8) is 0 Å². The van der Waals surface area contributed by atoms with Gasteiger partial charge in [0.1, 0.15) is 11.6 Å². The maximum atomic E-state index is 12.8. The summed E-state index contributed by atoms with van der Waals surface area (Å²) in [5, 5.41) is 0.716. The van der Waals surface area contributed by atoms with Crippen molar-refractivity contribution in [3.8, 4) is 0 Å². The highest BCUT2D eigenvalue weighted by atomic mass is 32.2. The van der Waals surface area contributed by atoms with Crippen molar-refractivity contribution in [2.24, 2.45) is 0 Å². The van der Waals surface area contributed by atoms with Crippen molar-refractivity contribution in [2.75, 3.05) is 13.1 Å². The number of sulfonamides is 1. The Balaban J connectivity index is 1.67. The van der Waals surface area contributed by atoms with Gasteiger partial charge in [-0.1, -0.05) is 26.0 Å². The lowest BCUT2D eigenvalue weighted by atomic mass is 10.2. The number of carbonyl (C=O) groups is 1. The number of nitrogens with zero attached hydrogens (tertiary/aromatic N) is 2. The summed E-state index contributed by atoms with van der Waals surface area (Å²) in [4.78, 5) is 16.9. The van der Waals surface area contributed by atoms with Gasteiger partial charge in [0, 0.05) is 13.1 Å². The third-order valence-corrected chi connectivity index (χ3v) is 7.26. The zero-order valence-corrected chi connectivity index (χ0v) is 18.1. The molecule has 0 bridgehead atoms. The molecule has 3 aromatic rings. The molecule has 6 nitrogen and oxygen atoms in total. The largest absolute Gasteiger partial charge is 0.455 e. The van der Waals surface area contributed by atoms with E-state index >= 15 is 0 Å². The van der Waals surface area contributed by atoms with E-state index in [2.05, 4.69) is 4.98 Å². The number of benzene rings is 2. The zero-order chi connectivity index (χ0) is 20.9. The number of thiazole rings is 1. The van der Waals surface area contributed by atoms with E-state index in [1.165, 1.54) is 39.9 Å². The second-order valence-corrected chi connectivity index (χ2v) is 9.63. The molecule has 0 atom stereocenters. The minimum atomic E-state index is -3.57. The van der Waals surface area contributed by atoms with Gasteiger partial charge in [0.2, 0.25) is 10.0 Å². The zero-order valence-electron chi connectivity index (χ0n) is 16.5. The highest BCUT2D eigenvalue weighted by molar-refractivity contribution is 7.89. The molecular weight excluding hydrogens is 408 g/mol. The summed E-state index contributed by atoms with van der Waals surface area (Å²) in [5.41, 5.74) is 1.18. The molecule has 0 saturated carbocycles. The van der Waals surface area contributed by atoms with E-state index < -0.39 is 16.0 Å². The fourth-order valence-corrected chi connectivity index (χ4v) is 5.46. The number of hydrogen-bond donors (Lipinski definition) is 0. The average molecular weight is 433 g/mol. The summed E-state index contributed by atoms with van der Waals surface area (Å²) in [7, 11) is -3.57. The minimum Gasteiger partial charge on any atom is -0.455 e. The smallest absolute Gasteiger partial charge is 0.338 e. The first-order valence-corrected chi connectivity index (χ1v) is 11.8. The van der Waals surface area contributed by atoms with E-state index in [9.17, 15) is 13.2 Å². The van der Waals surface area contributed by atoms with Gasteiger partial charge < -0.3 is 4.74 Å². The van der Waals surface area contributed by atoms with Crippen LogP contribution in [0.2, 0.25) is 0 Å². The van der Waals surface area contributed by atoms with Crippen molar-refractivity contribution in [3.05, 3.63) is 59.1 Å². The molecule has 0 spiro atoms.